The van der Waals surface area contributed by atoms with E-state index in [0.29, 0.717) is 12.1 Å². The third-order valence-electron chi connectivity index (χ3n) is 3.63. The summed E-state index contributed by atoms with van der Waals surface area (Å²) < 4.78 is 2.21. The molecule has 2 unspecified atom stereocenters. The van der Waals surface area contributed by atoms with Gasteiger partial charge in [0.05, 0.1) is 11.7 Å². The Morgan fingerprint density at radius 2 is 2.25 bits per heavy atom. The Morgan fingerprint density at radius 3 is 2.81 bits per heavy atom. The SMILES string of the molecule is CNC(C)c1c(C)nn(C2CCNC2)c1C. The van der Waals surface area contributed by atoms with Gasteiger partial charge in [0.15, 0.2) is 0 Å². The molecule has 4 heteroatoms. The molecule has 0 spiro atoms. The maximum Gasteiger partial charge on any atom is 0.0658 e. The summed E-state index contributed by atoms with van der Waals surface area (Å²) in [4.78, 5) is 0. The lowest BCUT2D eigenvalue weighted by Crippen LogP contribution is -2.17. The molecule has 0 saturated carbocycles. The van der Waals surface area contributed by atoms with E-state index < -0.39 is 0 Å². The molecule has 2 rings (SSSR count). The highest BCUT2D eigenvalue weighted by Gasteiger charge is 2.23. The molecular formula is C12H22N4. The normalized spacial score (nSPS) is 22.6. The third kappa shape index (κ3) is 1.87. The van der Waals surface area contributed by atoms with Gasteiger partial charge >= 0.3 is 0 Å². The van der Waals surface area contributed by atoms with Crippen molar-refractivity contribution in [3.05, 3.63) is 17.0 Å². The number of nitrogens with one attached hydrogen (secondary N) is 2. The Bertz CT molecular complexity index is 363. The van der Waals surface area contributed by atoms with Crippen LogP contribution >= 0.6 is 0 Å². The standard InChI is InChI=1S/C12H22N4/c1-8(13-4)12-9(2)15-16(10(12)3)11-5-6-14-7-11/h8,11,13-14H,5-7H2,1-4H3. The quantitative estimate of drug-likeness (QED) is 0.810. The van der Waals surface area contributed by atoms with E-state index in [-0.39, 0.29) is 0 Å². The first-order chi connectivity index (χ1) is 7.65. The van der Waals surface area contributed by atoms with Gasteiger partial charge < -0.3 is 10.6 Å². The van der Waals surface area contributed by atoms with Crippen LogP contribution in [0.5, 0.6) is 0 Å². The minimum Gasteiger partial charge on any atom is -0.315 e. The molecule has 1 fully saturated rings. The Morgan fingerprint density at radius 1 is 1.50 bits per heavy atom. The minimum atomic E-state index is 0.378. The smallest absolute Gasteiger partial charge is 0.0658 e. The predicted molar refractivity (Wildman–Crippen MR) is 65.7 cm³/mol. The lowest BCUT2D eigenvalue weighted by atomic mass is 10.1. The summed E-state index contributed by atoms with van der Waals surface area (Å²) in [5, 5.41) is 11.4. The molecule has 0 aromatic carbocycles. The van der Waals surface area contributed by atoms with Gasteiger partial charge in [0.1, 0.15) is 0 Å². The van der Waals surface area contributed by atoms with Crippen molar-refractivity contribution in [3.8, 4) is 0 Å². The fraction of sp³-hybridized carbons (Fsp3) is 0.750. The monoisotopic (exact) mass is 222 g/mol. The number of rotatable bonds is 3. The first kappa shape index (κ1) is 11.6. The van der Waals surface area contributed by atoms with E-state index in [1.165, 1.54) is 17.7 Å². The second kappa shape index (κ2) is 4.55. The summed E-state index contributed by atoms with van der Waals surface area (Å²) in [6, 6.07) is 0.916. The van der Waals surface area contributed by atoms with E-state index in [1.807, 2.05) is 7.05 Å². The second-order valence-electron chi connectivity index (χ2n) is 4.69. The average molecular weight is 222 g/mol. The Labute approximate surface area is 97.4 Å². The van der Waals surface area contributed by atoms with Gasteiger partial charge in [-0.2, -0.15) is 5.10 Å². The van der Waals surface area contributed by atoms with Crippen LogP contribution in [0.2, 0.25) is 0 Å². The molecular weight excluding hydrogens is 200 g/mol. The molecule has 16 heavy (non-hydrogen) atoms. The van der Waals surface area contributed by atoms with Gasteiger partial charge in [-0.05, 0) is 40.8 Å². The lowest BCUT2D eigenvalue weighted by Gasteiger charge is -2.14. The maximum absolute atomic E-state index is 4.70. The first-order valence-electron chi connectivity index (χ1n) is 6.08. The van der Waals surface area contributed by atoms with E-state index in [9.17, 15) is 0 Å². The zero-order valence-corrected chi connectivity index (χ0v) is 10.7. The fourth-order valence-corrected chi connectivity index (χ4v) is 2.65. The van der Waals surface area contributed by atoms with Crippen LogP contribution < -0.4 is 10.6 Å². The molecule has 0 amide bonds. The second-order valence-corrected chi connectivity index (χ2v) is 4.69. The zero-order chi connectivity index (χ0) is 11.7. The Kier molecular flexibility index (Phi) is 3.30. The molecule has 2 atom stereocenters. The minimum absolute atomic E-state index is 0.378. The first-order valence-corrected chi connectivity index (χ1v) is 6.08. The van der Waals surface area contributed by atoms with Gasteiger partial charge in [0.25, 0.3) is 0 Å². The molecule has 1 aromatic heterocycles. The van der Waals surface area contributed by atoms with Crippen LogP contribution in [0.3, 0.4) is 0 Å². The Balaban J connectivity index is 2.33. The van der Waals surface area contributed by atoms with Crippen LogP contribution in [0.4, 0.5) is 0 Å². The molecule has 90 valence electrons. The number of nitrogens with zero attached hydrogens (tertiary/aromatic N) is 2. The van der Waals surface area contributed by atoms with Crippen molar-refractivity contribution < 1.29 is 0 Å². The van der Waals surface area contributed by atoms with Crippen LogP contribution in [0.1, 0.15) is 42.4 Å². The number of hydrogen-bond acceptors (Lipinski definition) is 3. The van der Waals surface area contributed by atoms with E-state index in [4.69, 9.17) is 5.10 Å². The molecule has 1 saturated heterocycles. The summed E-state index contributed by atoms with van der Waals surface area (Å²) in [5.74, 6) is 0. The van der Waals surface area contributed by atoms with Crippen LogP contribution in [-0.2, 0) is 0 Å². The molecule has 2 heterocycles. The molecule has 4 nitrogen and oxygen atoms in total. The van der Waals surface area contributed by atoms with Gasteiger partial charge in [-0.15, -0.1) is 0 Å². The van der Waals surface area contributed by atoms with E-state index in [1.54, 1.807) is 0 Å². The zero-order valence-electron chi connectivity index (χ0n) is 10.7. The van der Waals surface area contributed by atoms with Gasteiger partial charge in [-0.3, -0.25) is 4.68 Å². The van der Waals surface area contributed by atoms with Gasteiger partial charge in [0.2, 0.25) is 0 Å². The molecule has 1 aliphatic heterocycles. The fourth-order valence-electron chi connectivity index (χ4n) is 2.65. The van der Waals surface area contributed by atoms with Gasteiger partial charge in [0, 0.05) is 23.8 Å². The van der Waals surface area contributed by atoms with Crippen molar-refractivity contribution in [2.45, 2.75) is 39.3 Å². The largest absolute Gasteiger partial charge is 0.315 e. The number of aromatic nitrogens is 2. The molecule has 1 aliphatic rings. The highest BCUT2D eigenvalue weighted by Crippen LogP contribution is 2.25. The van der Waals surface area contributed by atoms with Crippen LogP contribution in [0.15, 0.2) is 0 Å². The van der Waals surface area contributed by atoms with Crippen molar-refractivity contribution in [2.24, 2.45) is 0 Å². The molecule has 0 radical (unpaired) electrons. The molecule has 0 aliphatic carbocycles. The van der Waals surface area contributed by atoms with Crippen molar-refractivity contribution in [1.82, 2.24) is 20.4 Å². The van der Waals surface area contributed by atoms with Crippen LogP contribution in [-0.4, -0.2) is 29.9 Å². The van der Waals surface area contributed by atoms with E-state index in [2.05, 4.69) is 36.1 Å². The highest BCUT2D eigenvalue weighted by molar-refractivity contribution is 5.28. The topological polar surface area (TPSA) is 41.9 Å². The summed E-state index contributed by atoms with van der Waals surface area (Å²) in [5.41, 5.74) is 3.83. The molecule has 0 bridgehead atoms. The van der Waals surface area contributed by atoms with Gasteiger partial charge in [-0.1, -0.05) is 0 Å². The van der Waals surface area contributed by atoms with E-state index >= 15 is 0 Å². The number of hydrogen-bond donors (Lipinski definition) is 2. The third-order valence-corrected chi connectivity index (χ3v) is 3.63. The maximum atomic E-state index is 4.70. The molecule has 1 aromatic rings. The van der Waals surface area contributed by atoms with Gasteiger partial charge in [-0.25, -0.2) is 0 Å². The summed E-state index contributed by atoms with van der Waals surface area (Å²) in [6.45, 7) is 8.64. The summed E-state index contributed by atoms with van der Waals surface area (Å²) >= 11 is 0. The van der Waals surface area contributed by atoms with Crippen molar-refractivity contribution in [2.75, 3.05) is 20.1 Å². The Hall–Kier alpha value is -0.870. The van der Waals surface area contributed by atoms with E-state index in [0.717, 1.165) is 18.8 Å². The predicted octanol–water partition coefficient (Wildman–Crippen LogP) is 1.31. The number of aryl methyl sites for hydroxylation is 1. The van der Waals surface area contributed by atoms with Crippen LogP contribution in [0, 0.1) is 13.8 Å². The molecule has 2 N–H and O–H groups in total. The van der Waals surface area contributed by atoms with Crippen molar-refractivity contribution in [1.29, 1.82) is 0 Å². The summed E-state index contributed by atoms with van der Waals surface area (Å²) in [7, 11) is 2.00. The lowest BCUT2D eigenvalue weighted by molar-refractivity contribution is 0.475. The van der Waals surface area contributed by atoms with Crippen molar-refractivity contribution >= 4 is 0 Å². The van der Waals surface area contributed by atoms with Crippen LogP contribution in [0.25, 0.3) is 0 Å². The van der Waals surface area contributed by atoms with Crippen molar-refractivity contribution in [3.63, 3.8) is 0 Å². The summed E-state index contributed by atoms with van der Waals surface area (Å²) in [6.07, 6.45) is 1.19. The average Bonchev–Trinajstić information content (AvgIpc) is 2.86. The highest BCUT2D eigenvalue weighted by atomic mass is 15.3.